The molecule has 0 aromatic heterocycles. The van der Waals surface area contributed by atoms with Gasteiger partial charge in [-0.1, -0.05) is 19.1 Å². The third-order valence-corrected chi connectivity index (χ3v) is 3.75. The fourth-order valence-corrected chi connectivity index (χ4v) is 2.47. The van der Waals surface area contributed by atoms with Crippen molar-refractivity contribution in [3.63, 3.8) is 0 Å². The molecule has 1 aromatic carbocycles. The average Bonchev–Trinajstić information content (AvgIpc) is 2.82. The normalized spacial score (nSPS) is 20.7. The van der Waals surface area contributed by atoms with Gasteiger partial charge in [-0.2, -0.15) is 0 Å². The zero-order chi connectivity index (χ0) is 13.7. The molecule has 1 aromatic rings. The molecule has 0 radical (unpaired) electrons. The first-order valence-electron chi connectivity index (χ1n) is 7.05. The number of nitrogens with one attached hydrogen (secondary N) is 1. The Morgan fingerprint density at radius 1 is 1.53 bits per heavy atom. The molecule has 0 aliphatic carbocycles. The standard InChI is InChI=1S/C15H24N4/c1-3-12-6-4-7-13(10-12)18-15(16)17-11-14-8-5-9-19(14)2/h4,6-7,10,14H,3,5,8-9,11H2,1-2H3,(H3,16,17,18). The summed E-state index contributed by atoms with van der Waals surface area (Å²) in [6, 6.07) is 8.83. The van der Waals surface area contributed by atoms with E-state index in [1.807, 2.05) is 12.1 Å². The topological polar surface area (TPSA) is 53.6 Å². The third kappa shape index (κ3) is 3.96. The summed E-state index contributed by atoms with van der Waals surface area (Å²) in [6.07, 6.45) is 3.51. The molecule has 0 spiro atoms. The van der Waals surface area contributed by atoms with E-state index in [1.165, 1.54) is 24.9 Å². The Hall–Kier alpha value is -1.55. The Bertz CT molecular complexity index is 442. The Morgan fingerprint density at radius 2 is 2.37 bits per heavy atom. The summed E-state index contributed by atoms with van der Waals surface area (Å²) in [5, 5.41) is 3.16. The van der Waals surface area contributed by atoms with Gasteiger partial charge in [0.05, 0.1) is 6.54 Å². The molecule has 104 valence electrons. The van der Waals surface area contributed by atoms with Crippen molar-refractivity contribution in [1.82, 2.24) is 4.90 Å². The lowest BCUT2D eigenvalue weighted by atomic mass is 10.1. The van der Waals surface area contributed by atoms with Gasteiger partial charge in [-0.05, 0) is 50.6 Å². The van der Waals surface area contributed by atoms with Crippen LogP contribution in [-0.4, -0.2) is 37.0 Å². The molecule has 4 nitrogen and oxygen atoms in total. The highest BCUT2D eigenvalue weighted by Crippen LogP contribution is 2.15. The number of likely N-dealkylation sites (tertiary alicyclic amines) is 1. The molecule has 1 saturated heterocycles. The summed E-state index contributed by atoms with van der Waals surface area (Å²) in [6.45, 7) is 4.10. The van der Waals surface area contributed by atoms with Crippen LogP contribution in [-0.2, 0) is 6.42 Å². The van der Waals surface area contributed by atoms with Crippen LogP contribution in [0, 0.1) is 0 Å². The molecule has 2 rings (SSSR count). The number of rotatable bonds is 4. The molecule has 0 bridgehead atoms. The van der Waals surface area contributed by atoms with Crippen LogP contribution in [0.4, 0.5) is 5.69 Å². The van der Waals surface area contributed by atoms with Crippen LogP contribution >= 0.6 is 0 Å². The van der Waals surface area contributed by atoms with Crippen LogP contribution in [0.15, 0.2) is 29.3 Å². The van der Waals surface area contributed by atoms with Crippen LogP contribution in [0.25, 0.3) is 0 Å². The van der Waals surface area contributed by atoms with Gasteiger partial charge in [-0.25, -0.2) is 0 Å². The van der Waals surface area contributed by atoms with Gasteiger partial charge in [-0.15, -0.1) is 0 Å². The first-order chi connectivity index (χ1) is 9.19. The van der Waals surface area contributed by atoms with Gasteiger partial charge in [0.25, 0.3) is 0 Å². The Morgan fingerprint density at radius 3 is 3.05 bits per heavy atom. The highest BCUT2D eigenvalue weighted by atomic mass is 15.2. The van der Waals surface area contributed by atoms with Crippen molar-refractivity contribution >= 4 is 11.6 Å². The summed E-state index contributed by atoms with van der Waals surface area (Å²) in [5.74, 6) is 0.508. The van der Waals surface area contributed by atoms with Crippen molar-refractivity contribution in [2.24, 2.45) is 10.7 Å². The van der Waals surface area contributed by atoms with Gasteiger partial charge in [0, 0.05) is 11.7 Å². The van der Waals surface area contributed by atoms with Gasteiger partial charge in [0.15, 0.2) is 5.96 Å². The van der Waals surface area contributed by atoms with Crippen molar-refractivity contribution in [2.45, 2.75) is 32.2 Å². The second-order valence-electron chi connectivity index (χ2n) is 5.18. The molecule has 1 aliphatic heterocycles. The SMILES string of the molecule is CCc1cccc(NC(N)=NCC2CCCN2C)c1. The monoisotopic (exact) mass is 260 g/mol. The molecule has 0 amide bonds. The number of guanidine groups is 1. The van der Waals surface area contributed by atoms with E-state index in [-0.39, 0.29) is 0 Å². The number of nitrogens with zero attached hydrogens (tertiary/aromatic N) is 2. The number of hydrogen-bond donors (Lipinski definition) is 2. The van der Waals surface area contributed by atoms with E-state index in [2.05, 4.69) is 41.3 Å². The van der Waals surface area contributed by atoms with E-state index in [1.54, 1.807) is 0 Å². The van der Waals surface area contributed by atoms with E-state index in [0.717, 1.165) is 18.7 Å². The summed E-state index contributed by atoms with van der Waals surface area (Å²) in [7, 11) is 2.15. The van der Waals surface area contributed by atoms with Gasteiger partial charge in [0.1, 0.15) is 0 Å². The Kier molecular flexibility index (Phi) is 4.80. The second-order valence-corrected chi connectivity index (χ2v) is 5.18. The number of benzene rings is 1. The van der Waals surface area contributed by atoms with E-state index in [0.29, 0.717) is 12.0 Å². The van der Waals surface area contributed by atoms with Gasteiger partial charge < -0.3 is 16.0 Å². The van der Waals surface area contributed by atoms with Crippen molar-refractivity contribution in [1.29, 1.82) is 0 Å². The molecule has 3 N–H and O–H groups in total. The Balaban J connectivity index is 1.90. The number of likely N-dealkylation sites (N-methyl/N-ethyl adjacent to an activating group) is 1. The van der Waals surface area contributed by atoms with E-state index in [4.69, 9.17) is 5.73 Å². The van der Waals surface area contributed by atoms with Gasteiger partial charge >= 0.3 is 0 Å². The number of nitrogens with two attached hydrogens (primary N) is 1. The van der Waals surface area contributed by atoms with Crippen molar-refractivity contribution in [2.75, 3.05) is 25.5 Å². The van der Waals surface area contributed by atoms with Crippen molar-refractivity contribution in [3.8, 4) is 0 Å². The second kappa shape index (κ2) is 6.57. The molecular weight excluding hydrogens is 236 g/mol. The number of anilines is 1. The highest BCUT2D eigenvalue weighted by molar-refractivity contribution is 5.92. The van der Waals surface area contributed by atoms with E-state index < -0.39 is 0 Å². The maximum atomic E-state index is 5.94. The smallest absolute Gasteiger partial charge is 0.193 e. The maximum Gasteiger partial charge on any atom is 0.193 e. The van der Waals surface area contributed by atoms with Crippen LogP contribution in [0.2, 0.25) is 0 Å². The van der Waals surface area contributed by atoms with Crippen molar-refractivity contribution < 1.29 is 0 Å². The largest absolute Gasteiger partial charge is 0.370 e. The summed E-state index contributed by atoms with van der Waals surface area (Å²) < 4.78 is 0. The lowest BCUT2D eigenvalue weighted by Gasteiger charge is -2.17. The maximum absolute atomic E-state index is 5.94. The Labute approximate surface area is 115 Å². The zero-order valence-electron chi connectivity index (χ0n) is 11.9. The molecule has 1 atom stereocenters. The van der Waals surface area contributed by atoms with Crippen LogP contribution in [0.3, 0.4) is 0 Å². The zero-order valence-corrected chi connectivity index (χ0v) is 11.9. The highest BCUT2D eigenvalue weighted by Gasteiger charge is 2.19. The number of aryl methyl sites for hydroxylation is 1. The molecule has 1 aliphatic rings. The van der Waals surface area contributed by atoms with Crippen LogP contribution in [0.1, 0.15) is 25.3 Å². The molecule has 0 saturated carbocycles. The van der Waals surface area contributed by atoms with E-state index in [9.17, 15) is 0 Å². The van der Waals surface area contributed by atoms with Gasteiger partial charge in [-0.3, -0.25) is 4.99 Å². The molecule has 4 heteroatoms. The summed E-state index contributed by atoms with van der Waals surface area (Å²) >= 11 is 0. The molecular formula is C15H24N4. The van der Waals surface area contributed by atoms with Gasteiger partial charge in [0.2, 0.25) is 0 Å². The lowest BCUT2D eigenvalue weighted by molar-refractivity contribution is 0.317. The molecule has 19 heavy (non-hydrogen) atoms. The average molecular weight is 260 g/mol. The summed E-state index contributed by atoms with van der Waals surface area (Å²) in [4.78, 5) is 6.80. The first kappa shape index (κ1) is 13.9. The minimum Gasteiger partial charge on any atom is -0.370 e. The first-order valence-corrected chi connectivity index (χ1v) is 7.05. The predicted octanol–water partition coefficient (Wildman–Crippen LogP) is 2.07. The number of hydrogen-bond acceptors (Lipinski definition) is 2. The third-order valence-electron chi connectivity index (χ3n) is 3.75. The summed E-state index contributed by atoms with van der Waals surface area (Å²) in [5.41, 5.74) is 8.25. The van der Waals surface area contributed by atoms with E-state index >= 15 is 0 Å². The van der Waals surface area contributed by atoms with Crippen LogP contribution in [0.5, 0.6) is 0 Å². The van der Waals surface area contributed by atoms with Crippen LogP contribution < -0.4 is 11.1 Å². The lowest BCUT2D eigenvalue weighted by Crippen LogP contribution is -2.30. The fourth-order valence-electron chi connectivity index (χ4n) is 2.47. The van der Waals surface area contributed by atoms with Crippen molar-refractivity contribution in [3.05, 3.63) is 29.8 Å². The molecule has 1 heterocycles. The quantitative estimate of drug-likeness (QED) is 0.643. The minimum absolute atomic E-state index is 0.508. The minimum atomic E-state index is 0.508. The number of aliphatic imine (C=N–C) groups is 1. The molecule has 1 fully saturated rings. The predicted molar refractivity (Wildman–Crippen MR) is 81.6 cm³/mol. The molecule has 1 unspecified atom stereocenters. The fraction of sp³-hybridized carbons (Fsp3) is 0.533.